The van der Waals surface area contributed by atoms with Crippen LogP contribution in [0.25, 0.3) is 0 Å². The smallest absolute Gasteiger partial charge is 0.229 e. The van der Waals surface area contributed by atoms with E-state index in [1.807, 2.05) is 12.1 Å². The maximum atomic E-state index is 13.3. The lowest BCUT2D eigenvalue weighted by Crippen LogP contribution is -2.17. The topological polar surface area (TPSA) is 91.6 Å². The Bertz CT molecular complexity index is 872. The molecule has 0 aliphatic carbocycles. The first kappa shape index (κ1) is 12.4. The number of hydrogen-bond donors (Lipinski definition) is 1. The molecule has 0 fully saturated rings. The Morgan fingerprint density at radius 1 is 1.15 bits per heavy atom. The number of nitrogens with two attached hydrogens (primary N) is 1. The van der Waals surface area contributed by atoms with Crippen LogP contribution >= 0.6 is 0 Å². The first-order chi connectivity index (χ1) is 9.63. The second-order valence-corrected chi connectivity index (χ2v) is 6.34. The average Bonchev–Trinajstić information content (AvgIpc) is 2.48. The summed E-state index contributed by atoms with van der Waals surface area (Å²) in [6, 6.07) is 15.7. The van der Waals surface area contributed by atoms with E-state index in [4.69, 9.17) is 11.0 Å². The van der Waals surface area contributed by atoms with Crippen molar-refractivity contribution in [2.45, 2.75) is 9.79 Å². The summed E-state index contributed by atoms with van der Waals surface area (Å²) in [5.41, 5.74) is 6.58. The highest BCUT2D eigenvalue weighted by molar-refractivity contribution is 7.94. The Balaban J connectivity index is 2.37. The fourth-order valence-corrected chi connectivity index (χ4v) is 3.98. The first-order valence-electron chi connectivity index (χ1n) is 5.84. The molecule has 0 bridgehead atoms. The van der Waals surface area contributed by atoms with E-state index in [9.17, 15) is 4.21 Å². The molecule has 0 spiro atoms. The van der Waals surface area contributed by atoms with Crippen LogP contribution in [-0.2, 0) is 9.73 Å². The molecule has 1 aliphatic rings. The number of guanidine groups is 1. The summed E-state index contributed by atoms with van der Waals surface area (Å²) in [6.07, 6.45) is 0. The van der Waals surface area contributed by atoms with E-state index in [0.29, 0.717) is 21.0 Å². The Labute approximate surface area is 116 Å². The highest BCUT2D eigenvalue weighted by atomic mass is 32.2. The largest absolute Gasteiger partial charge is 0.367 e. The van der Waals surface area contributed by atoms with Gasteiger partial charge in [0.15, 0.2) is 0 Å². The van der Waals surface area contributed by atoms with Gasteiger partial charge in [-0.2, -0.15) is 9.62 Å². The Kier molecular flexibility index (Phi) is 2.77. The highest BCUT2D eigenvalue weighted by Crippen LogP contribution is 2.35. The van der Waals surface area contributed by atoms with Crippen LogP contribution in [0.5, 0.6) is 0 Å². The summed E-state index contributed by atoms with van der Waals surface area (Å²) >= 11 is 0. The van der Waals surface area contributed by atoms with Gasteiger partial charge in [-0.3, -0.25) is 0 Å². The average molecular weight is 282 g/mol. The minimum Gasteiger partial charge on any atom is -0.367 e. The van der Waals surface area contributed by atoms with Crippen LogP contribution in [0.15, 0.2) is 67.7 Å². The summed E-state index contributed by atoms with van der Waals surface area (Å²) in [5.74, 6) is -0.0175. The second-order valence-electron chi connectivity index (χ2n) is 4.19. The van der Waals surface area contributed by atoms with Crippen molar-refractivity contribution >= 4 is 21.4 Å². The van der Waals surface area contributed by atoms with Crippen molar-refractivity contribution in [2.24, 2.45) is 15.1 Å². The molecule has 1 unspecified atom stereocenters. The number of rotatable bonds is 1. The lowest BCUT2D eigenvalue weighted by Gasteiger charge is -2.16. The molecule has 2 N–H and O–H groups in total. The van der Waals surface area contributed by atoms with Gasteiger partial charge < -0.3 is 5.73 Å². The summed E-state index contributed by atoms with van der Waals surface area (Å²) in [4.78, 5) is 5.06. The lowest BCUT2D eigenvalue weighted by atomic mass is 10.2. The third kappa shape index (κ3) is 1.85. The lowest BCUT2D eigenvalue weighted by molar-refractivity contribution is 0.676. The van der Waals surface area contributed by atoms with E-state index < -0.39 is 9.73 Å². The zero-order valence-electron chi connectivity index (χ0n) is 10.4. The molecule has 20 heavy (non-hydrogen) atoms. The molecule has 98 valence electrons. The third-order valence-electron chi connectivity index (χ3n) is 2.91. The molecule has 0 amide bonds. The van der Waals surface area contributed by atoms with E-state index in [0.717, 1.165) is 0 Å². The number of aliphatic imine (C=N–C) groups is 1. The summed E-state index contributed by atoms with van der Waals surface area (Å²) in [7, 11) is -2.89. The third-order valence-corrected chi connectivity index (χ3v) is 5.19. The van der Waals surface area contributed by atoms with Gasteiger partial charge in [-0.25, -0.2) is 9.20 Å². The molecule has 0 saturated heterocycles. The van der Waals surface area contributed by atoms with Crippen LogP contribution in [0.4, 0.5) is 5.69 Å². The number of hydrogen-bond acceptors (Lipinski definition) is 5. The first-order valence-corrected chi connectivity index (χ1v) is 7.35. The molecule has 5 nitrogen and oxygen atoms in total. The highest BCUT2D eigenvalue weighted by Gasteiger charge is 2.24. The van der Waals surface area contributed by atoms with Gasteiger partial charge in [-0.1, -0.05) is 18.2 Å². The Morgan fingerprint density at radius 2 is 1.90 bits per heavy atom. The molecule has 1 atom stereocenters. The van der Waals surface area contributed by atoms with Crippen LogP contribution in [0, 0.1) is 11.3 Å². The number of benzene rings is 2. The van der Waals surface area contributed by atoms with Crippen molar-refractivity contribution in [3.63, 3.8) is 0 Å². The summed E-state index contributed by atoms with van der Waals surface area (Å²) < 4.78 is 17.3. The van der Waals surface area contributed by atoms with E-state index in [2.05, 4.69) is 9.36 Å². The van der Waals surface area contributed by atoms with Crippen molar-refractivity contribution in [1.29, 1.82) is 5.26 Å². The molecular weight excluding hydrogens is 272 g/mol. The van der Waals surface area contributed by atoms with Crippen LogP contribution in [0.2, 0.25) is 0 Å². The Hall–Kier alpha value is -2.65. The van der Waals surface area contributed by atoms with E-state index in [1.54, 1.807) is 42.5 Å². The number of fused-ring (bicyclic) bond motifs is 1. The maximum Gasteiger partial charge on any atom is 0.229 e. The van der Waals surface area contributed by atoms with Crippen molar-refractivity contribution in [3.05, 3.63) is 54.1 Å². The molecular formula is C14H10N4OS. The van der Waals surface area contributed by atoms with E-state index in [1.165, 1.54) is 0 Å². The monoisotopic (exact) mass is 282 g/mol. The zero-order valence-corrected chi connectivity index (χ0v) is 11.2. The van der Waals surface area contributed by atoms with Crippen molar-refractivity contribution < 1.29 is 4.21 Å². The molecule has 0 aromatic heterocycles. The number of nitriles is 1. The van der Waals surface area contributed by atoms with E-state index in [-0.39, 0.29) is 5.96 Å². The standard InChI is InChI=1S/C14H10N4OS/c15-9-10-6-7-12-13(8-10)20(19,18-14(16)17-12)11-4-2-1-3-5-11/h1-8H,(H2,16,17,18,19). The predicted molar refractivity (Wildman–Crippen MR) is 76.0 cm³/mol. The maximum absolute atomic E-state index is 13.3. The van der Waals surface area contributed by atoms with Crippen molar-refractivity contribution in [3.8, 4) is 6.07 Å². The van der Waals surface area contributed by atoms with Gasteiger partial charge in [-0.05, 0) is 30.3 Å². The zero-order chi connectivity index (χ0) is 14.2. The molecule has 1 aliphatic heterocycles. The second kappa shape index (κ2) is 4.47. The fraction of sp³-hybridized carbons (Fsp3) is 0. The quantitative estimate of drug-likeness (QED) is 0.870. The van der Waals surface area contributed by atoms with Crippen molar-refractivity contribution in [1.82, 2.24) is 0 Å². The number of nitrogens with zero attached hydrogens (tertiary/aromatic N) is 3. The van der Waals surface area contributed by atoms with Crippen LogP contribution in [-0.4, -0.2) is 10.2 Å². The fourth-order valence-electron chi connectivity index (χ4n) is 2.01. The summed E-state index contributed by atoms with van der Waals surface area (Å²) in [6.45, 7) is 0. The van der Waals surface area contributed by atoms with Gasteiger partial charge in [-0.15, -0.1) is 0 Å². The predicted octanol–water partition coefficient (Wildman–Crippen LogP) is 2.40. The van der Waals surface area contributed by atoms with Gasteiger partial charge in [0, 0.05) is 0 Å². The van der Waals surface area contributed by atoms with Crippen LogP contribution in [0.3, 0.4) is 0 Å². The van der Waals surface area contributed by atoms with Gasteiger partial charge in [0.1, 0.15) is 9.73 Å². The minimum atomic E-state index is -2.89. The normalized spacial score (nSPS) is 20.2. The molecule has 0 saturated carbocycles. The summed E-state index contributed by atoms with van der Waals surface area (Å²) in [5, 5.41) is 9.00. The molecule has 2 aromatic rings. The van der Waals surface area contributed by atoms with Gasteiger partial charge in [0.05, 0.1) is 27.1 Å². The van der Waals surface area contributed by atoms with Crippen LogP contribution < -0.4 is 5.73 Å². The van der Waals surface area contributed by atoms with Gasteiger partial charge in [0.25, 0.3) is 0 Å². The molecule has 0 radical (unpaired) electrons. The van der Waals surface area contributed by atoms with Crippen molar-refractivity contribution in [2.75, 3.05) is 0 Å². The van der Waals surface area contributed by atoms with Gasteiger partial charge >= 0.3 is 0 Å². The molecule has 1 heterocycles. The molecule has 6 heteroatoms. The Morgan fingerprint density at radius 3 is 2.60 bits per heavy atom. The van der Waals surface area contributed by atoms with Crippen LogP contribution in [0.1, 0.15) is 5.56 Å². The minimum absolute atomic E-state index is 0.0175. The molecule has 3 rings (SSSR count). The van der Waals surface area contributed by atoms with Gasteiger partial charge in [0.2, 0.25) is 5.96 Å². The SMILES string of the molecule is N#Cc1ccc2c(c1)S(=O)(c1ccccc1)=NC(N)=N2. The van der Waals surface area contributed by atoms with E-state index >= 15 is 0 Å². The molecule has 2 aromatic carbocycles.